The van der Waals surface area contributed by atoms with Crippen LogP contribution in [-0.2, 0) is 6.54 Å². The van der Waals surface area contributed by atoms with E-state index in [9.17, 15) is 14.7 Å². The molecule has 0 saturated heterocycles. The van der Waals surface area contributed by atoms with Crippen molar-refractivity contribution in [3.8, 4) is 0 Å². The summed E-state index contributed by atoms with van der Waals surface area (Å²) in [5.74, 6) is -1.28. The van der Waals surface area contributed by atoms with Crippen molar-refractivity contribution >= 4 is 32.9 Å². The van der Waals surface area contributed by atoms with Crippen LogP contribution in [0.5, 0.6) is 0 Å². The van der Waals surface area contributed by atoms with Gasteiger partial charge in [-0.05, 0) is 34.1 Å². The molecule has 0 unspecified atom stereocenters. The third-order valence-corrected chi connectivity index (χ3v) is 3.80. The first-order valence-electron chi connectivity index (χ1n) is 6.16. The number of fused-ring (bicyclic) bond motifs is 1. The van der Waals surface area contributed by atoms with E-state index in [4.69, 9.17) is 4.42 Å². The lowest BCUT2D eigenvalue weighted by Crippen LogP contribution is -2.21. The van der Waals surface area contributed by atoms with Crippen LogP contribution in [-0.4, -0.2) is 15.6 Å². The maximum atomic E-state index is 12.1. The lowest BCUT2D eigenvalue weighted by Gasteiger charge is -2.05. The Morgan fingerprint density at radius 2 is 2.00 bits per heavy atom. The van der Waals surface area contributed by atoms with Gasteiger partial charge in [0.05, 0.1) is 11.0 Å². The van der Waals surface area contributed by atoms with E-state index in [0.29, 0.717) is 21.0 Å². The van der Waals surface area contributed by atoms with Crippen LogP contribution in [0.25, 0.3) is 11.0 Å². The minimum Gasteiger partial charge on any atom is -0.475 e. The van der Waals surface area contributed by atoms with Gasteiger partial charge in [0.2, 0.25) is 5.76 Å². The Balaban J connectivity index is 2.19. The van der Waals surface area contributed by atoms with Crippen LogP contribution in [0.4, 0.5) is 0 Å². The van der Waals surface area contributed by atoms with E-state index in [2.05, 4.69) is 15.9 Å². The smallest absolute Gasteiger partial charge is 0.372 e. The summed E-state index contributed by atoms with van der Waals surface area (Å²) in [5.41, 5.74) is 0.755. The van der Waals surface area contributed by atoms with Crippen LogP contribution >= 0.6 is 15.9 Å². The highest BCUT2D eigenvalue weighted by atomic mass is 79.9. The number of benzene rings is 1. The second kappa shape index (κ2) is 5.21. The van der Waals surface area contributed by atoms with Gasteiger partial charge in [0.25, 0.3) is 5.56 Å². The van der Waals surface area contributed by atoms with Crippen molar-refractivity contribution in [2.24, 2.45) is 0 Å². The highest BCUT2D eigenvalue weighted by molar-refractivity contribution is 9.10. The number of furan rings is 1. The van der Waals surface area contributed by atoms with Crippen molar-refractivity contribution in [3.05, 3.63) is 68.7 Å². The molecule has 2 heterocycles. The van der Waals surface area contributed by atoms with Gasteiger partial charge < -0.3 is 14.1 Å². The fourth-order valence-electron chi connectivity index (χ4n) is 2.23. The fraction of sp³-hybridized carbons (Fsp3) is 0.0667. The quantitative estimate of drug-likeness (QED) is 0.790. The number of para-hydroxylation sites is 1. The Morgan fingerprint density at radius 3 is 2.76 bits per heavy atom. The molecular formula is C15H10BrNO4. The zero-order valence-corrected chi connectivity index (χ0v) is 12.3. The monoisotopic (exact) mass is 347 g/mol. The number of carboxylic acids is 1. The first-order valence-corrected chi connectivity index (χ1v) is 6.96. The normalized spacial score (nSPS) is 10.9. The number of rotatable bonds is 3. The van der Waals surface area contributed by atoms with Crippen molar-refractivity contribution in [1.82, 2.24) is 4.57 Å². The van der Waals surface area contributed by atoms with Crippen LogP contribution < -0.4 is 5.56 Å². The molecular weight excluding hydrogens is 338 g/mol. The van der Waals surface area contributed by atoms with Crippen LogP contribution in [0.15, 0.2) is 56.3 Å². The van der Waals surface area contributed by atoms with Gasteiger partial charge in [0.1, 0.15) is 5.58 Å². The molecule has 0 aliphatic heterocycles. The molecule has 3 aromatic rings. The Kier molecular flexibility index (Phi) is 3.39. The predicted octanol–water partition coefficient (Wildman–Crippen LogP) is 3.10. The molecule has 0 saturated carbocycles. The highest BCUT2D eigenvalue weighted by Crippen LogP contribution is 2.26. The minimum atomic E-state index is -1.15. The van der Waals surface area contributed by atoms with Crippen molar-refractivity contribution in [3.63, 3.8) is 0 Å². The summed E-state index contributed by atoms with van der Waals surface area (Å²) in [7, 11) is 0. The van der Waals surface area contributed by atoms with Gasteiger partial charge in [0, 0.05) is 17.1 Å². The van der Waals surface area contributed by atoms with Gasteiger partial charge in [-0.3, -0.25) is 4.79 Å². The summed E-state index contributed by atoms with van der Waals surface area (Å²) >= 11 is 3.17. The molecule has 0 aliphatic carbocycles. The van der Waals surface area contributed by atoms with Gasteiger partial charge in [-0.15, -0.1) is 0 Å². The predicted molar refractivity (Wildman–Crippen MR) is 80.7 cm³/mol. The average Bonchev–Trinajstić information content (AvgIpc) is 2.83. The number of carboxylic acid groups (broad SMARTS) is 1. The van der Waals surface area contributed by atoms with Gasteiger partial charge >= 0.3 is 5.97 Å². The highest BCUT2D eigenvalue weighted by Gasteiger charge is 2.20. The summed E-state index contributed by atoms with van der Waals surface area (Å²) in [4.78, 5) is 23.4. The Hall–Kier alpha value is -2.34. The molecule has 0 fully saturated rings. The molecule has 0 bridgehead atoms. The van der Waals surface area contributed by atoms with E-state index >= 15 is 0 Å². The molecule has 2 aromatic heterocycles. The Labute approximate surface area is 127 Å². The third kappa shape index (κ3) is 2.38. The zero-order chi connectivity index (χ0) is 15.0. The number of nitrogens with zero attached hydrogens (tertiary/aromatic N) is 1. The van der Waals surface area contributed by atoms with Gasteiger partial charge in [-0.2, -0.15) is 0 Å². The maximum absolute atomic E-state index is 12.1. The summed E-state index contributed by atoms with van der Waals surface area (Å²) in [6.45, 7) is 0.136. The molecule has 1 aromatic carbocycles. The number of aromatic carboxylic acids is 1. The molecule has 6 heteroatoms. The van der Waals surface area contributed by atoms with Crippen molar-refractivity contribution in [2.45, 2.75) is 6.54 Å². The van der Waals surface area contributed by atoms with Crippen LogP contribution in [0.2, 0.25) is 0 Å². The second-order valence-corrected chi connectivity index (χ2v) is 5.35. The Morgan fingerprint density at radius 1 is 1.24 bits per heavy atom. The van der Waals surface area contributed by atoms with Gasteiger partial charge in [0.15, 0.2) is 0 Å². The van der Waals surface area contributed by atoms with Crippen LogP contribution in [0.3, 0.4) is 0 Å². The van der Waals surface area contributed by atoms with E-state index in [1.165, 1.54) is 4.57 Å². The largest absolute Gasteiger partial charge is 0.475 e. The molecule has 1 N–H and O–H groups in total. The number of hydrogen-bond donors (Lipinski definition) is 1. The summed E-state index contributed by atoms with van der Waals surface area (Å²) in [6, 6.07) is 10.4. The van der Waals surface area contributed by atoms with Crippen molar-refractivity contribution < 1.29 is 14.3 Å². The number of pyridine rings is 1. The van der Waals surface area contributed by atoms with E-state index in [1.54, 1.807) is 42.6 Å². The van der Waals surface area contributed by atoms with Crippen LogP contribution in [0, 0.1) is 0 Å². The summed E-state index contributed by atoms with van der Waals surface area (Å²) in [5, 5.41) is 9.97. The molecule has 3 rings (SSSR count). The number of hydrogen-bond acceptors (Lipinski definition) is 3. The molecule has 0 spiro atoms. The minimum absolute atomic E-state index is 0.136. The Bertz CT molecular complexity index is 894. The second-order valence-electron chi connectivity index (χ2n) is 4.50. The topological polar surface area (TPSA) is 72.4 Å². The van der Waals surface area contributed by atoms with Gasteiger partial charge in [-0.25, -0.2) is 4.79 Å². The lowest BCUT2D eigenvalue weighted by molar-refractivity contribution is 0.0663. The first-order chi connectivity index (χ1) is 10.1. The molecule has 0 amide bonds. The maximum Gasteiger partial charge on any atom is 0.372 e. The number of carbonyl (C=O) groups is 1. The SMILES string of the molecule is O=C(O)c1oc2ccccc2c1Cn1cccc(Br)c1=O. The van der Waals surface area contributed by atoms with E-state index < -0.39 is 5.97 Å². The molecule has 21 heavy (non-hydrogen) atoms. The van der Waals surface area contributed by atoms with E-state index in [1.807, 2.05) is 0 Å². The van der Waals surface area contributed by atoms with Gasteiger partial charge in [-0.1, -0.05) is 18.2 Å². The summed E-state index contributed by atoms with van der Waals surface area (Å²) < 4.78 is 7.24. The molecule has 106 valence electrons. The average molecular weight is 348 g/mol. The van der Waals surface area contributed by atoms with Crippen molar-refractivity contribution in [1.29, 1.82) is 0 Å². The third-order valence-electron chi connectivity index (χ3n) is 3.19. The summed E-state index contributed by atoms with van der Waals surface area (Å²) in [6.07, 6.45) is 1.61. The van der Waals surface area contributed by atoms with Crippen molar-refractivity contribution in [2.75, 3.05) is 0 Å². The molecule has 5 nitrogen and oxygen atoms in total. The first kappa shape index (κ1) is 13.6. The number of halogens is 1. The molecule has 0 atom stereocenters. The fourth-order valence-corrected chi connectivity index (χ4v) is 2.61. The number of aromatic nitrogens is 1. The van der Waals surface area contributed by atoms with E-state index in [-0.39, 0.29) is 17.9 Å². The standard InChI is InChI=1S/C15H10BrNO4/c16-11-5-3-7-17(14(11)18)8-10-9-4-1-2-6-12(9)21-13(10)15(19)20/h1-7H,8H2,(H,19,20). The zero-order valence-electron chi connectivity index (χ0n) is 10.7. The lowest BCUT2D eigenvalue weighted by atomic mass is 10.1. The van der Waals surface area contributed by atoms with E-state index in [0.717, 1.165) is 0 Å². The molecule has 0 aliphatic rings. The molecule has 0 radical (unpaired) electrons. The van der Waals surface area contributed by atoms with Crippen LogP contribution in [0.1, 0.15) is 16.1 Å².